The Hall–Kier alpha value is -2.11. The van der Waals surface area contributed by atoms with E-state index in [2.05, 4.69) is 0 Å². The maximum absolute atomic E-state index is 10.8. The van der Waals surface area contributed by atoms with E-state index in [0.29, 0.717) is 17.7 Å². The summed E-state index contributed by atoms with van der Waals surface area (Å²) in [6.07, 6.45) is 0.601. The summed E-state index contributed by atoms with van der Waals surface area (Å²) in [5, 5.41) is 19.8. The highest BCUT2D eigenvalue weighted by molar-refractivity contribution is 6.32. The molecular weight excluding hydrogens is 294 g/mol. The van der Waals surface area contributed by atoms with Gasteiger partial charge in [-0.3, -0.25) is 10.1 Å². The van der Waals surface area contributed by atoms with Gasteiger partial charge in [0.2, 0.25) is 0 Å². The summed E-state index contributed by atoms with van der Waals surface area (Å²) in [6.45, 7) is 0.325. The summed E-state index contributed by atoms with van der Waals surface area (Å²) in [4.78, 5) is 10.3. The van der Waals surface area contributed by atoms with Gasteiger partial charge in [-0.15, -0.1) is 0 Å². The molecule has 2 rings (SSSR count). The van der Waals surface area contributed by atoms with Crippen molar-refractivity contribution >= 4 is 17.3 Å². The number of benzene rings is 2. The molecule has 6 heteroatoms. The Morgan fingerprint density at radius 1 is 1.14 bits per heavy atom. The standard InChI is InChI=1S/C15H14ClNO4/c16-14-6-3-12(9-15(14)17(19)20)10-21-13-4-1-11(2-5-13)7-8-18/h1-6,9,18H,7-8,10H2. The number of ether oxygens (including phenoxy) is 1. The van der Waals surface area contributed by atoms with Crippen LogP contribution in [0.3, 0.4) is 0 Å². The third-order valence-electron chi connectivity index (χ3n) is 2.94. The van der Waals surface area contributed by atoms with E-state index in [9.17, 15) is 10.1 Å². The quantitative estimate of drug-likeness (QED) is 0.656. The second-order valence-corrected chi connectivity index (χ2v) is 4.86. The van der Waals surface area contributed by atoms with Crippen LogP contribution in [0.5, 0.6) is 5.75 Å². The van der Waals surface area contributed by atoms with Gasteiger partial charge in [-0.25, -0.2) is 0 Å². The molecule has 0 aliphatic carbocycles. The van der Waals surface area contributed by atoms with Crippen molar-refractivity contribution in [2.24, 2.45) is 0 Å². The lowest BCUT2D eigenvalue weighted by atomic mass is 10.1. The summed E-state index contributed by atoms with van der Waals surface area (Å²) < 4.78 is 5.57. The molecule has 21 heavy (non-hydrogen) atoms. The van der Waals surface area contributed by atoms with Crippen LogP contribution in [0.1, 0.15) is 11.1 Å². The molecule has 2 aromatic carbocycles. The first-order chi connectivity index (χ1) is 10.1. The Morgan fingerprint density at radius 3 is 2.43 bits per heavy atom. The molecule has 2 aromatic rings. The molecule has 0 spiro atoms. The predicted octanol–water partition coefficient (Wildman–Crippen LogP) is 3.36. The fourth-order valence-electron chi connectivity index (χ4n) is 1.84. The van der Waals surface area contributed by atoms with Crippen molar-refractivity contribution in [1.82, 2.24) is 0 Å². The number of rotatable bonds is 6. The van der Waals surface area contributed by atoms with Gasteiger partial charge in [0.25, 0.3) is 5.69 Å². The number of nitrogens with zero attached hydrogens (tertiary/aromatic N) is 1. The van der Waals surface area contributed by atoms with E-state index in [1.54, 1.807) is 18.2 Å². The zero-order chi connectivity index (χ0) is 15.2. The lowest BCUT2D eigenvalue weighted by Crippen LogP contribution is -1.98. The Labute approximate surface area is 126 Å². The van der Waals surface area contributed by atoms with Crippen molar-refractivity contribution in [3.8, 4) is 5.75 Å². The Bertz CT molecular complexity index is 628. The highest BCUT2D eigenvalue weighted by Crippen LogP contribution is 2.25. The first-order valence-corrected chi connectivity index (χ1v) is 6.73. The topological polar surface area (TPSA) is 72.6 Å². The molecule has 0 bridgehead atoms. The highest BCUT2D eigenvalue weighted by Gasteiger charge is 2.12. The first kappa shape index (κ1) is 15.3. The number of aliphatic hydroxyl groups excluding tert-OH is 1. The molecule has 5 nitrogen and oxygen atoms in total. The van der Waals surface area contributed by atoms with Crippen LogP contribution in [0.25, 0.3) is 0 Å². The minimum atomic E-state index is -0.518. The van der Waals surface area contributed by atoms with Gasteiger partial charge in [0, 0.05) is 12.7 Å². The average Bonchev–Trinajstić information content (AvgIpc) is 2.48. The maximum Gasteiger partial charge on any atom is 0.288 e. The van der Waals surface area contributed by atoms with Gasteiger partial charge in [-0.2, -0.15) is 0 Å². The largest absolute Gasteiger partial charge is 0.489 e. The van der Waals surface area contributed by atoms with E-state index in [1.165, 1.54) is 12.1 Å². The molecule has 0 aliphatic rings. The number of nitro groups is 1. The molecular formula is C15H14ClNO4. The summed E-state index contributed by atoms with van der Waals surface area (Å²) in [7, 11) is 0. The summed E-state index contributed by atoms with van der Waals surface area (Å²) >= 11 is 5.75. The van der Waals surface area contributed by atoms with E-state index in [-0.39, 0.29) is 23.9 Å². The molecule has 1 N–H and O–H groups in total. The summed E-state index contributed by atoms with van der Waals surface area (Å²) in [5.41, 5.74) is 1.56. The predicted molar refractivity (Wildman–Crippen MR) is 79.7 cm³/mol. The minimum Gasteiger partial charge on any atom is -0.489 e. The first-order valence-electron chi connectivity index (χ1n) is 6.35. The molecule has 0 atom stereocenters. The van der Waals surface area contributed by atoms with Gasteiger partial charge < -0.3 is 9.84 Å². The molecule has 0 heterocycles. The van der Waals surface area contributed by atoms with Crippen LogP contribution in [0.2, 0.25) is 5.02 Å². The van der Waals surface area contributed by atoms with Gasteiger partial charge >= 0.3 is 0 Å². The summed E-state index contributed by atoms with van der Waals surface area (Å²) in [5.74, 6) is 0.661. The third kappa shape index (κ3) is 4.18. The molecule has 0 aliphatic heterocycles. The van der Waals surface area contributed by atoms with Crippen LogP contribution < -0.4 is 4.74 Å². The smallest absolute Gasteiger partial charge is 0.288 e. The molecule has 0 unspecified atom stereocenters. The number of halogens is 1. The van der Waals surface area contributed by atoms with Crippen LogP contribution in [-0.4, -0.2) is 16.6 Å². The number of aliphatic hydroxyl groups is 1. The van der Waals surface area contributed by atoms with Crippen LogP contribution in [0, 0.1) is 10.1 Å². The SMILES string of the molecule is O=[N+]([O-])c1cc(COc2ccc(CCO)cc2)ccc1Cl. The second-order valence-electron chi connectivity index (χ2n) is 4.45. The molecule has 0 aromatic heterocycles. The highest BCUT2D eigenvalue weighted by atomic mass is 35.5. The zero-order valence-corrected chi connectivity index (χ0v) is 11.9. The lowest BCUT2D eigenvalue weighted by molar-refractivity contribution is -0.384. The van der Waals surface area contributed by atoms with Gasteiger partial charge in [0.1, 0.15) is 17.4 Å². The molecule has 110 valence electrons. The molecule has 0 saturated heterocycles. The maximum atomic E-state index is 10.8. The average molecular weight is 308 g/mol. The van der Waals surface area contributed by atoms with Gasteiger partial charge in [-0.05, 0) is 35.7 Å². The van der Waals surface area contributed by atoms with Crippen molar-refractivity contribution in [2.75, 3.05) is 6.61 Å². The van der Waals surface area contributed by atoms with E-state index in [4.69, 9.17) is 21.4 Å². The Balaban J connectivity index is 2.02. The molecule has 0 fully saturated rings. The van der Waals surface area contributed by atoms with Crippen LogP contribution in [0.15, 0.2) is 42.5 Å². The minimum absolute atomic E-state index is 0.106. The van der Waals surface area contributed by atoms with E-state index >= 15 is 0 Å². The van der Waals surface area contributed by atoms with E-state index in [1.807, 2.05) is 12.1 Å². The summed E-state index contributed by atoms with van der Waals surface area (Å²) in [6, 6.07) is 11.9. The molecule has 0 radical (unpaired) electrons. The monoisotopic (exact) mass is 307 g/mol. The number of hydrogen-bond acceptors (Lipinski definition) is 4. The lowest BCUT2D eigenvalue weighted by Gasteiger charge is -2.07. The Morgan fingerprint density at radius 2 is 1.81 bits per heavy atom. The zero-order valence-electron chi connectivity index (χ0n) is 11.2. The normalized spacial score (nSPS) is 10.4. The second kappa shape index (κ2) is 7.06. The van der Waals surface area contributed by atoms with Crippen LogP contribution in [-0.2, 0) is 13.0 Å². The van der Waals surface area contributed by atoms with Gasteiger partial charge in [0.05, 0.1) is 4.92 Å². The number of nitro benzene ring substituents is 1. The van der Waals surface area contributed by atoms with Gasteiger partial charge in [-0.1, -0.05) is 29.8 Å². The van der Waals surface area contributed by atoms with E-state index < -0.39 is 4.92 Å². The number of hydrogen-bond donors (Lipinski definition) is 1. The van der Waals surface area contributed by atoms with Crippen molar-refractivity contribution in [3.05, 3.63) is 68.7 Å². The molecule has 0 saturated carbocycles. The third-order valence-corrected chi connectivity index (χ3v) is 3.26. The molecule has 0 amide bonds. The van der Waals surface area contributed by atoms with Crippen LogP contribution >= 0.6 is 11.6 Å². The van der Waals surface area contributed by atoms with Crippen molar-refractivity contribution in [3.63, 3.8) is 0 Å². The van der Waals surface area contributed by atoms with Crippen molar-refractivity contribution in [2.45, 2.75) is 13.0 Å². The Kier molecular flexibility index (Phi) is 5.14. The van der Waals surface area contributed by atoms with Crippen molar-refractivity contribution < 1.29 is 14.8 Å². The fourth-order valence-corrected chi connectivity index (χ4v) is 2.02. The van der Waals surface area contributed by atoms with E-state index in [0.717, 1.165) is 5.56 Å². The van der Waals surface area contributed by atoms with Crippen molar-refractivity contribution in [1.29, 1.82) is 0 Å². The fraction of sp³-hybridized carbons (Fsp3) is 0.200. The van der Waals surface area contributed by atoms with Gasteiger partial charge in [0.15, 0.2) is 0 Å². The van der Waals surface area contributed by atoms with Crippen LogP contribution in [0.4, 0.5) is 5.69 Å².